The van der Waals surface area contributed by atoms with Gasteiger partial charge in [0, 0.05) is 12.1 Å². The van der Waals surface area contributed by atoms with Crippen LogP contribution >= 0.6 is 0 Å². The highest BCUT2D eigenvalue weighted by molar-refractivity contribution is 5.86. The maximum Gasteiger partial charge on any atom is 0.307 e. The molecule has 2 amide bonds. The SMILES string of the molecule is O=C(O)[C@H]1CCCC[C@H]1C(=O)N[C@@H]1CCCC[C@@H]1NC(=O)[C@@H]1CCCC[C@H]1C(=O)O. The molecule has 0 aromatic rings. The third kappa shape index (κ3) is 5.32. The van der Waals surface area contributed by atoms with Crippen LogP contribution in [0.15, 0.2) is 0 Å². The van der Waals surface area contributed by atoms with Crippen molar-refractivity contribution in [3.05, 3.63) is 0 Å². The van der Waals surface area contributed by atoms with Crippen molar-refractivity contribution in [2.45, 2.75) is 89.1 Å². The zero-order chi connectivity index (χ0) is 21.7. The van der Waals surface area contributed by atoms with Crippen LogP contribution in [0, 0.1) is 23.7 Å². The molecule has 8 heteroatoms. The largest absolute Gasteiger partial charge is 0.481 e. The second kappa shape index (κ2) is 10.3. The number of carbonyl (C=O) groups excluding carboxylic acids is 2. The van der Waals surface area contributed by atoms with Crippen LogP contribution in [0.5, 0.6) is 0 Å². The molecular weight excluding hydrogens is 388 g/mol. The Morgan fingerprint density at radius 2 is 0.800 bits per heavy atom. The van der Waals surface area contributed by atoms with Crippen molar-refractivity contribution in [1.29, 1.82) is 0 Å². The van der Waals surface area contributed by atoms with E-state index in [1.165, 1.54) is 0 Å². The molecule has 30 heavy (non-hydrogen) atoms. The topological polar surface area (TPSA) is 133 Å². The average molecular weight is 423 g/mol. The number of hydrogen-bond acceptors (Lipinski definition) is 4. The lowest BCUT2D eigenvalue weighted by molar-refractivity contribution is -0.149. The van der Waals surface area contributed by atoms with Crippen molar-refractivity contribution in [3.63, 3.8) is 0 Å². The highest BCUT2D eigenvalue weighted by Gasteiger charge is 2.40. The van der Waals surface area contributed by atoms with Gasteiger partial charge in [0.1, 0.15) is 0 Å². The summed E-state index contributed by atoms with van der Waals surface area (Å²) < 4.78 is 0. The number of amides is 2. The fourth-order valence-corrected chi connectivity index (χ4v) is 5.54. The van der Waals surface area contributed by atoms with Crippen LogP contribution in [0.3, 0.4) is 0 Å². The molecule has 168 valence electrons. The lowest BCUT2D eigenvalue weighted by Gasteiger charge is -2.37. The van der Waals surface area contributed by atoms with E-state index in [9.17, 15) is 29.4 Å². The zero-order valence-electron chi connectivity index (χ0n) is 17.5. The summed E-state index contributed by atoms with van der Waals surface area (Å²) in [5, 5.41) is 25.0. The van der Waals surface area contributed by atoms with E-state index in [0.29, 0.717) is 25.7 Å². The number of carboxylic acids is 2. The molecule has 0 heterocycles. The third-order valence-corrected chi connectivity index (χ3v) is 7.26. The maximum absolute atomic E-state index is 12.9. The second-order valence-electron chi connectivity index (χ2n) is 9.19. The quantitative estimate of drug-likeness (QED) is 0.519. The summed E-state index contributed by atoms with van der Waals surface area (Å²) in [4.78, 5) is 48.9. The maximum atomic E-state index is 12.9. The number of carbonyl (C=O) groups is 4. The van der Waals surface area contributed by atoms with Gasteiger partial charge in [-0.3, -0.25) is 19.2 Å². The minimum Gasteiger partial charge on any atom is -0.481 e. The van der Waals surface area contributed by atoms with Crippen LogP contribution in [-0.4, -0.2) is 46.0 Å². The van der Waals surface area contributed by atoms with Gasteiger partial charge in [0.2, 0.25) is 11.8 Å². The van der Waals surface area contributed by atoms with E-state index in [2.05, 4.69) is 10.6 Å². The first kappa shape index (κ1) is 22.6. The Bertz CT molecular complexity index is 610. The Morgan fingerprint density at radius 3 is 1.13 bits per heavy atom. The number of rotatable bonds is 6. The summed E-state index contributed by atoms with van der Waals surface area (Å²) in [7, 11) is 0. The van der Waals surface area contributed by atoms with Gasteiger partial charge in [-0.2, -0.15) is 0 Å². The van der Waals surface area contributed by atoms with Crippen LogP contribution in [0.4, 0.5) is 0 Å². The smallest absolute Gasteiger partial charge is 0.307 e. The standard InChI is InChI=1S/C22H34N2O6/c25-19(13-7-1-3-9-15(13)21(27)28)23-17-11-5-6-12-18(17)24-20(26)14-8-2-4-10-16(14)22(29)30/h13-18H,1-12H2,(H,23,25)(H,24,26)(H,27,28)(H,29,30)/t13-,14-,15-,16+,17+,18-/m1/s1. The summed E-state index contributed by atoms with van der Waals surface area (Å²) in [6.45, 7) is 0. The zero-order valence-corrected chi connectivity index (χ0v) is 17.5. The molecule has 0 aromatic heterocycles. The van der Waals surface area contributed by atoms with Gasteiger partial charge >= 0.3 is 11.9 Å². The van der Waals surface area contributed by atoms with Gasteiger partial charge in [-0.1, -0.05) is 38.5 Å². The molecule has 0 spiro atoms. The fourth-order valence-electron chi connectivity index (χ4n) is 5.54. The number of nitrogens with one attached hydrogen (secondary N) is 2. The monoisotopic (exact) mass is 422 g/mol. The average Bonchev–Trinajstić information content (AvgIpc) is 2.75. The molecule has 0 radical (unpaired) electrons. The van der Waals surface area contributed by atoms with E-state index >= 15 is 0 Å². The van der Waals surface area contributed by atoms with Crippen LogP contribution in [-0.2, 0) is 19.2 Å². The van der Waals surface area contributed by atoms with Crippen LogP contribution in [0.2, 0.25) is 0 Å². The molecular formula is C22H34N2O6. The van der Waals surface area contributed by atoms with Crippen molar-refractivity contribution >= 4 is 23.8 Å². The van der Waals surface area contributed by atoms with Crippen molar-refractivity contribution < 1.29 is 29.4 Å². The summed E-state index contributed by atoms with van der Waals surface area (Å²) in [5.41, 5.74) is 0. The minimum atomic E-state index is -0.916. The van der Waals surface area contributed by atoms with E-state index < -0.39 is 35.6 Å². The van der Waals surface area contributed by atoms with E-state index in [0.717, 1.165) is 51.4 Å². The number of aliphatic carboxylic acids is 2. The van der Waals surface area contributed by atoms with E-state index in [1.807, 2.05) is 0 Å². The molecule has 4 N–H and O–H groups in total. The van der Waals surface area contributed by atoms with Crippen LogP contribution < -0.4 is 10.6 Å². The highest BCUT2D eigenvalue weighted by atomic mass is 16.4. The van der Waals surface area contributed by atoms with Gasteiger partial charge in [0.05, 0.1) is 23.7 Å². The van der Waals surface area contributed by atoms with Gasteiger partial charge in [0.15, 0.2) is 0 Å². The van der Waals surface area contributed by atoms with Crippen molar-refractivity contribution in [2.75, 3.05) is 0 Å². The third-order valence-electron chi connectivity index (χ3n) is 7.26. The predicted molar refractivity (Wildman–Crippen MR) is 108 cm³/mol. The number of carboxylic acid groups (broad SMARTS) is 2. The Kier molecular flexibility index (Phi) is 7.72. The summed E-state index contributed by atoms with van der Waals surface area (Å²) in [6.07, 6.45) is 8.90. The lowest BCUT2D eigenvalue weighted by atomic mass is 9.77. The Morgan fingerprint density at radius 1 is 0.500 bits per heavy atom. The molecule has 6 atom stereocenters. The van der Waals surface area contributed by atoms with Gasteiger partial charge in [-0.25, -0.2) is 0 Å². The molecule has 3 rings (SSSR count). The minimum absolute atomic E-state index is 0.227. The first-order chi connectivity index (χ1) is 14.4. The highest BCUT2D eigenvalue weighted by Crippen LogP contribution is 2.32. The molecule has 0 unspecified atom stereocenters. The molecule has 0 aromatic carbocycles. The summed E-state index contributed by atoms with van der Waals surface area (Å²) >= 11 is 0. The van der Waals surface area contributed by atoms with Crippen molar-refractivity contribution in [3.8, 4) is 0 Å². The fraction of sp³-hybridized carbons (Fsp3) is 0.818. The second-order valence-corrected chi connectivity index (χ2v) is 9.19. The molecule has 0 bridgehead atoms. The van der Waals surface area contributed by atoms with E-state index in [1.54, 1.807) is 0 Å². The Hall–Kier alpha value is -2.12. The molecule has 0 aliphatic heterocycles. The van der Waals surface area contributed by atoms with E-state index in [-0.39, 0.29) is 23.9 Å². The van der Waals surface area contributed by atoms with Crippen molar-refractivity contribution in [2.24, 2.45) is 23.7 Å². The predicted octanol–water partition coefficient (Wildman–Crippen LogP) is 2.31. The molecule has 0 saturated heterocycles. The van der Waals surface area contributed by atoms with Crippen LogP contribution in [0.1, 0.15) is 77.0 Å². The Balaban J connectivity index is 1.63. The molecule has 3 saturated carbocycles. The summed E-state index contributed by atoms with van der Waals surface area (Å²) in [6, 6.07) is -0.475. The first-order valence-electron chi connectivity index (χ1n) is 11.4. The molecule has 3 aliphatic rings. The van der Waals surface area contributed by atoms with Gasteiger partial charge < -0.3 is 20.8 Å². The normalized spacial score (nSPS) is 34.5. The molecule has 8 nitrogen and oxygen atoms in total. The van der Waals surface area contributed by atoms with Crippen molar-refractivity contribution in [1.82, 2.24) is 10.6 Å². The van der Waals surface area contributed by atoms with Gasteiger partial charge in [-0.05, 0) is 38.5 Å². The number of hydrogen-bond donors (Lipinski definition) is 4. The summed E-state index contributed by atoms with van der Waals surface area (Å²) in [5.74, 6) is -4.62. The Labute approximate surface area is 177 Å². The molecule has 3 aliphatic carbocycles. The van der Waals surface area contributed by atoms with Gasteiger partial charge in [0.25, 0.3) is 0 Å². The van der Waals surface area contributed by atoms with Crippen LogP contribution in [0.25, 0.3) is 0 Å². The lowest BCUT2D eigenvalue weighted by Crippen LogP contribution is -2.56. The molecule has 3 fully saturated rings. The van der Waals surface area contributed by atoms with E-state index in [4.69, 9.17) is 0 Å². The van der Waals surface area contributed by atoms with Gasteiger partial charge in [-0.15, -0.1) is 0 Å². The first-order valence-corrected chi connectivity index (χ1v) is 11.4.